The summed E-state index contributed by atoms with van der Waals surface area (Å²) in [6.45, 7) is 3.96. The van der Waals surface area contributed by atoms with E-state index in [1.807, 2.05) is 60.7 Å². The summed E-state index contributed by atoms with van der Waals surface area (Å²) in [6.07, 6.45) is 1.35. The lowest BCUT2D eigenvalue weighted by Gasteiger charge is -2.27. The largest absolute Gasteiger partial charge is 0.344 e. The number of carbonyl (C=O) groups excluding carboxylic acids is 3. The molecule has 0 aliphatic carbocycles. The first-order chi connectivity index (χ1) is 17.6. The van der Waals surface area contributed by atoms with Gasteiger partial charge in [-0.3, -0.25) is 9.59 Å². The number of nitrogens with zero attached hydrogens (tertiary/aromatic N) is 1. The number of hydrogen-bond acceptors (Lipinski definition) is 5. The average Bonchev–Trinajstić information content (AvgIpc) is 3.28. The van der Waals surface area contributed by atoms with E-state index in [1.54, 1.807) is 37.1 Å². The molecule has 4 amide bonds. The lowest BCUT2D eigenvalue weighted by molar-refractivity contribution is -0.128. The molecule has 0 fully saturated rings. The zero-order chi connectivity index (χ0) is 26.6. The van der Waals surface area contributed by atoms with Crippen LogP contribution in [0.25, 0.3) is 10.4 Å². The van der Waals surface area contributed by atoms with Crippen molar-refractivity contribution in [2.75, 3.05) is 17.3 Å². The Labute approximate surface area is 221 Å². The molecule has 0 saturated carbocycles. The fourth-order valence-corrected chi connectivity index (χ4v) is 5.46. The van der Waals surface area contributed by atoms with Gasteiger partial charge in [-0.2, -0.15) is 0 Å². The number of fused-ring (bicyclic) bond motifs is 1. The van der Waals surface area contributed by atoms with Gasteiger partial charge < -0.3 is 26.6 Å². The van der Waals surface area contributed by atoms with Crippen molar-refractivity contribution in [3.63, 3.8) is 0 Å². The zero-order valence-electron chi connectivity index (χ0n) is 21.3. The highest BCUT2D eigenvalue weighted by molar-refractivity contribution is 7.15. The smallest absolute Gasteiger partial charge is 0.318 e. The molecule has 0 saturated heterocycles. The van der Waals surface area contributed by atoms with Crippen molar-refractivity contribution in [2.45, 2.75) is 51.2 Å². The quantitative estimate of drug-likeness (QED) is 0.373. The second kappa shape index (κ2) is 11.1. The number of hydrogen-bond donors (Lipinski definition) is 4. The number of urea groups is 1. The van der Waals surface area contributed by atoms with Crippen LogP contribution in [0.3, 0.4) is 0 Å². The molecule has 37 heavy (non-hydrogen) atoms. The van der Waals surface area contributed by atoms with Crippen LogP contribution in [0.5, 0.6) is 0 Å². The number of aryl methyl sites for hydroxylation is 1. The van der Waals surface area contributed by atoms with E-state index >= 15 is 0 Å². The molecule has 1 aliphatic rings. The minimum absolute atomic E-state index is 0.134. The van der Waals surface area contributed by atoms with Gasteiger partial charge in [0.2, 0.25) is 11.8 Å². The summed E-state index contributed by atoms with van der Waals surface area (Å²) >= 11 is 1.57. The molecule has 9 heteroatoms. The van der Waals surface area contributed by atoms with Crippen LogP contribution in [0.15, 0.2) is 60.7 Å². The summed E-state index contributed by atoms with van der Waals surface area (Å²) in [7, 11) is 1.57. The number of carbonyl (C=O) groups is 3. The molecule has 2 aromatic carbocycles. The van der Waals surface area contributed by atoms with Gasteiger partial charge in [0.25, 0.3) is 0 Å². The predicted molar refractivity (Wildman–Crippen MR) is 149 cm³/mol. The Bertz CT molecular complexity index is 1300. The fraction of sp³-hybridized carbons (Fsp3) is 0.321. The number of anilines is 2. The summed E-state index contributed by atoms with van der Waals surface area (Å²) in [6, 6.07) is 18.6. The molecule has 0 spiro atoms. The third-order valence-corrected chi connectivity index (χ3v) is 7.25. The molecule has 4 rings (SSSR count). The van der Waals surface area contributed by atoms with Crippen LogP contribution < -0.4 is 26.6 Å². The van der Waals surface area contributed by atoms with Gasteiger partial charge >= 0.3 is 6.03 Å². The SMILES string of the molecule is CNC(=O)Nc1ccccc1-c1ccc(CN2C(=O)[C@H](NC(=O)CC(C)(C)N)CCc3ccccc32)s1. The monoisotopic (exact) mass is 519 g/mol. The van der Waals surface area contributed by atoms with Gasteiger partial charge in [0.1, 0.15) is 6.04 Å². The Morgan fingerprint density at radius 1 is 1.08 bits per heavy atom. The maximum absolute atomic E-state index is 13.7. The Morgan fingerprint density at radius 2 is 1.81 bits per heavy atom. The van der Waals surface area contributed by atoms with E-state index in [2.05, 4.69) is 16.0 Å². The number of benzene rings is 2. The minimum Gasteiger partial charge on any atom is -0.344 e. The molecular formula is C28H33N5O3S. The number of nitrogens with one attached hydrogen (secondary N) is 3. The van der Waals surface area contributed by atoms with E-state index in [1.165, 1.54) is 0 Å². The topological polar surface area (TPSA) is 117 Å². The van der Waals surface area contributed by atoms with Crippen LogP contribution in [0.1, 0.15) is 37.1 Å². The van der Waals surface area contributed by atoms with Gasteiger partial charge in [0, 0.05) is 40.0 Å². The van der Waals surface area contributed by atoms with Crippen LogP contribution in [0.2, 0.25) is 0 Å². The third kappa shape index (κ3) is 6.55. The first kappa shape index (κ1) is 26.4. The summed E-state index contributed by atoms with van der Waals surface area (Å²) in [5, 5.41) is 8.36. The molecule has 1 aromatic heterocycles. The van der Waals surface area contributed by atoms with Gasteiger partial charge in [-0.25, -0.2) is 4.79 Å². The molecule has 0 unspecified atom stereocenters. The normalized spacial score (nSPS) is 15.5. The van der Waals surface area contributed by atoms with E-state index in [0.717, 1.165) is 26.6 Å². The number of nitrogens with two attached hydrogens (primary N) is 1. The highest BCUT2D eigenvalue weighted by Gasteiger charge is 2.32. The lowest BCUT2D eigenvalue weighted by Crippen LogP contribution is -2.49. The highest BCUT2D eigenvalue weighted by atomic mass is 32.1. The molecule has 3 aromatic rings. The van der Waals surface area contributed by atoms with Crippen LogP contribution >= 0.6 is 11.3 Å². The Morgan fingerprint density at radius 3 is 2.57 bits per heavy atom. The van der Waals surface area contributed by atoms with Crippen molar-refractivity contribution in [1.82, 2.24) is 10.6 Å². The second-order valence-electron chi connectivity index (χ2n) is 9.89. The molecule has 8 nitrogen and oxygen atoms in total. The summed E-state index contributed by atoms with van der Waals surface area (Å²) < 4.78 is 0. The van der Waals surface area contributed by atoms with Crippen molar-refractivity contribution in [3.05, 3.63) is 71.1 Å². The van der Waals surface area contributed by atoms with E-state index in [4.69, 9.17) is 5.73 Å². The van der Waals surface area contributed by atoms with Crippen molar-refractivity contribution >= 4 is 40.6 Å². The lowest BCUT2D eigenvalue weighted by atomic mass is 10.0. The Balaban J connectivity index is 1.60. The van der Waals surface area contributed by atoms with Crippen LogP contribution in [0, 0.1) is 0 Å². The van der Waals surface area contributed by atoms with Crippen molar-refractivity contribution < 1.29 is 14.4 Å². The molecule has 1 atom stereocenters. The zero-order valence-corrected chi connectivity index (χ0v) is 22.2. The third-order valence-electron chi connectivity index (χ3n) is 6.14. The molecule has 0 radical (unpaired) electrons. The summed E-state index contributed by atoms with van der Waals surface area (Å²) in [5.41, 5.74) is 8.91. The van der Waals surface area contributed by atoms with Gasteiger partial charge in [-0.05, 0) is 56.5 Å². The van der Waals surface area contributed by atoms with E-state index in [9.17, 15) is 14.4 Å². The Hall–Kier alpha value is -3.69. The van der Waals surface area contributed by atoms with Crippen molar-refractivity contribution in [1.29, 1.82) is 0 Å². The highest BCUT2D eigenvalue weighted by Crippen LogP contribution is 2.36. The van der Waals surface area contributed by atoms with E-state index in [0.29, 0.717) is 25.1 Å². The number of thiophene rings is 1. The molecule has 1 aliphatic heterocycles. The van der Waals surface area contributed by atoms with Crippen molar-refractivity contribution in [2.24, 2.45) is 5.73 Å². The number of para-hydroxylation sites is 2. The maximum atomic E-state index is 13.7. The van der Waals surface area contributed by atoms with Gasteiger partial charge in [0.15, 0.2) is 0 Å². The summed E-state index contributed by atoms with van der Waals surface area (Å²) in [5.74, 6) is -0.361. The first-order valence-electron chi connectivity index (χ1n) is 12.3. The van der Waals surface area contributed by atoms with Crippen LogP contribution in [-0.4, -0.2) is 36.5 Å². The molecule has 194 valence electrons. The van der Waals surface area contributed by atoms with Gasteiger partial charge in [0.05, 0.1) is 12.2 Å². The first-order valence-corrected chi connectivity index (χ1v) is 13.1. The number of rotatable bonds is 7. The average molecular weight is 520 g/mol. The standard InChI is InChI=1S/C28H33N5O3S/c1-28(2,29)16-25(34)31-22-14-12-18-8-4-7-11-23(18)33(26(22)35)17-19-13-15-24(37-19)20-9-5-6-10-21(20)32-27(36)30-3/h4-11,13,15,22H,12,14,16-17,29H2,1-3H3,(H,31,34)(H2,30,32,36)/t22-/m1/s1. The molecule has 5 N–H and O–H groups in total. The van der Waals surface area contributed by atoms with Crippen LogP contribution in [-0.2, 0) is 22.6 Å². The summed E-state index contributed by atoms with van der Waals surface area (Å²) in [4.78, 5) is 42.0. The molecule has 0 bridgehead atoms. The Kier molecular flexibility index (Phi) is 7.94. The molecule has 2 heterocycles. The minimum atomic E-state index is -0.656. The van der Waals surface area contributed by atoms with Crippen molar-refractivity contribution in [3.8, 4) is 10.4 Å². The second-order valence-corrected chi connectivity index (χ2v) is 11.1. The van der Waals surface area contributed by atoms with E-state index in [-0.39, 0.29) is 24.3 Å². The van der Waals surface area contributed by atoms with Gasteiger partial charge in [-0.1, -0.05) is 36.4 Å². The van der Waals surface area contributed by atoms with Gasteiger partial charge in [-0.15, -0.1) is 11.3 Å². The van der Waals surface area contributed by atoms with Crippen LogP contribution in [0.4, 0.5) is 16.2 Å². The molecular weight excluding hydrogens is 486 g/mol. The number of amides is 4. The predicted octanol–water partition coefficient (Wildman–Crippen LogP) is 4.26. The van der Waals surface area contributed by atoms with E-state index < -0.39 is 11.6 Å². The fourth-order valence-electron chi connectivity index (χ4n) is 4.43. The maximum Gasteiger partial charge on any atom is 0.318 e.